The molecule has 0 bridgehead atoms. The van der Waals surface area contributed by atoms with Gasteiger partial charge in [0.05, 0.1) is 10.8 Å². The Hall–Kier alpha value is -1.03. The van der Waals surface area contributed by atoms with Gasteiger partial charge in [0.15, 0.2) is 0 Å². The highest BCUT2D eigenvalue weighted by atomic mass is 32.2. The van der Waals surface area contributed by atoms with Gasteiger partial charge in [0, 0.05) is 27.7 Å². The average molecular weight is 363 g/mol. The molecule has 2 N–H and O–H groups in total. The summed E-state index contributed by atoms with van der Waals surface area (Å²) in [6, 6.07) is 3.02. The number of phenolic OH excluding ortho intramolecular Hbond substituents is 2. The number of aromatic hydroxyl groups is 2. The van der Waals surface area contributed by atoms with Crippen LogP contribution in [-0.4, -0.2) is 20.2 Å². The lowest BCUT2D eigenvalue weighted by atomic mass is 9.43. The van der Waals surface area contributed by atoms with Crippen LogP contribution >= 0.6 is 0 Å². The fourth-order valence-corrected chi connectivity index (χ4v) is 8.95. The predicted molar refractivity (Wildman–Crippen MR) is 100 cm³/mol. The van der Waals surface area contributed by atoms with E-state index in [0.29, 0.717) is 27.9 Å². The highest BCUT2D eigenvalue weighted by Crippen LogP contribution is 2.67. The van der Waals surface area contributed by atoms with Gasteiger partial charge in [-0.15, -0.1) is 0 Å². The number of benzene rings is 1. The Morgan fingerprint density at radius 3 is 2.48 bits per heavy atom. The minimum absolute atomic E-state index is 0.00495. The molecule has 1 aromatic carbocycles. The lowest BCUT2D eigenvalue weighted by Gasteiger charge is -2.63. The maximum Gasteiger partial charge on any atom is 0.124 e. The molecule has 1 heterocycles. The topological polar surface area (TPSA) is 57.5 Å². The molecule has 0 aromatic heterocycles. The second-order valence-corrected chi connectivity index (χ2v) is 11.2. The number of phenols is 2. The Bertz CT molecular complexity index is 756. The van der Waals surface area contributed by atoms with E-state index in [-0.39, 0.29) is 22.3 Å². The standard InChI is InChI=1S/C21H30O3S/c1-19(2)7-5-8-20(3)16(19)6-9-21(4)17(20)12-25(24)15-11-13(22)10-14(23)18(15)21/h10-11,16-17,22-23H,5-9,12H2,1-4H3. The zero-order valence-electron chi connectivity index (χ0n) is 15.8. The van der Waals surface area contributed by atoms with Crippen molar-refractivity contribution < 1.29 is 14.4 Å². The molecule has 138 valence electrons. The summed E-state index contributed by atoms with van der Waals surface area (Å²) in [6.07, 6.45) is 5.86. The van der Waals surface area contributed by atoms with Gasteiger partial charge in [0.2, 0.25) is 0 Å². The van der Waals surface area contributed by atoms with Crippen LogP contribution in [0.2, 0.25) is 0 Å². The highest BCUT2D eigenvalue weighted by Gasteiger charge is 2.61. The normalized spacial score (nSPS) is 42.2. The van der Waals surface area contributed by atoms with E-state index in [1.165, 1.54) is 25.3 Å². The molecule has 3 aliphatic rings. The van der Waals surface area contributed by atoms with E-state index >= 15 is 0 Å². The minimum atomic E-state index is -1.17. The van der Waals surface area contributed by atoms with Crippen molar-refractivity contribution in [1.82, 2.24) is 0 Å². The van der Waals surface area contributed by atoms with E-state index in [1.54, 1.807) is 6.07 Å². The third-order valence-electron chi connectivity index (χ3n) is 7.99. The van der Waals surface area contributed by atoms with E-state index in [2.05, 4.69) is 27.7 Å². The zero-order valence-corrected chi connectivity index (χ0v) is 16.6. The molecular weight excluding hydrogens is 332 g/mol. The van der Waals surface area contributed by atoms with E-state index in [0.717, 1.165) is 18.4 Å². The van der Waals surface area contributed by atoms with Gasteiger partial charge < -0.3 is 10.2 Å². The van der Waals surface area contributed by atoms with Crippen LogP contribution in [0.3, 0.4) is 0 Å². The maximum atomic E-state index is 13.1. The van der Waals surface area contributed by atoms with Crippen molar-refractivity contribution >= 4 is 10.8 Å². The van der Waals surface area contributed by atoms with Gasteiger partial charge in [0.25, 0.3) is 0 Å². The zero-order chi connectivity index (χ0) is 18.2. The largest absolute Gasteiger partial charge is 0.508 e. The number of hydrogen-bond donors (Lipinski definition) is 2. The van der Waals surface area contributed by atoms with Gasteiger partial charge in [0.1, 0.15) is 11.5 Å². The van der Waals surface area contributed by atoms with Crippen molar-refractivity contribution in [3.8, 4) is 11.5 Å². The van der Waals surface area contributed by atoms with Gasteiger partial charge in [-0.25, -0.2) is 0 Å². The molecule has 1 aliphatic heterocycles. The first-order valence-corrected chi connectivity index (χ1v) is 10.9. The summed E-state index contributed by atoms with van der Waals surface area (Å²) in [5.74, 6) is 1.72. The molecule has 2 fully saturated rings. The summed E-state index contributed by atoms with van der Waals surface area (Å²) in [5.41, 5.74) is 1.15. The lowest BCUT2D eigenvalue weighted by Crippen LogP contribution is -2.59. The van der Waals surface area contributed by atoms with Crippen LogP contribution < -0.4 is 0 Å². The number of hydrogen-bond acceptors (Lipinski definition) is 3. The number of fused-ring (bicyclic) bond motifs is 5. The van der Waals surface area contributed by atoms with E-state index in [4.69, 9.17) is 0 Å². The van der Waals surface area contributed by atoms with Gasteiger partial charge in [-0.05, 0) is 54.4 Å². The van der Waals surface area contributed by atoms with Gasteiger partial charge in [-0.1, -0.05) is 34.1 Å². The minimum Gasteiger partial charge on any atom is -0.508 e. The molecule has 1 aromatic rings. The molecule has 0 spiro atoms. The Morgan fingerprint density at radius 1 is 1.04 bits per heavy atom. The molecule has 4 heteroatoms. The third-order valence-corrected chi connectivity index (χ3v) is 9.44. The Labute approximate surface area is 153 Å². The predicted octanol–water partition coefficient (Wildman–Crippen LogP) is 4.72. The molecule has 0 amide bonds. The molecule has 5 unspecified atom stereocenters. The number of rotatable bonds is 0. The summed E-state index contributed by atoms with van der Waals surface area (Å²) < 4.78 is 13.1. The summed E-state index contributed by atoms with van der Waals surface area (Å²) in [4.78, 5) is 0.647. The summed E-state index contributed by atoms with van der Waals surface area (Å²) in [6.45, 7) is 9.48. The van der Waals surface area contributed by atoms with Crippen molar-refractivity contribution in [2.24, 2.45) is 22.7 Å². The average Bonchev–Trinajstić information content (AvgIpc) is 2.48. The van der Waals surface area contributed by atoms with Crippen molar-refractivity contribution in [3.05, 3.63) is 17.7 Å². The van der Waals surface area contributed by atoms with Crippen LogP contribution in [0.5, 0.6) is 11.5 Å². The van der Waals surface area contributed by atoms with Crippen molar-refractivity contribution in [2.75, 3.05) is 5.75 Å². The van der Waals surface area contributed by atoms with Crippen LogP contribution in [-0.2, 0) is 16.2 Å². The molecule has 4 rings (SSSR count). The van der Waals surface area contributed by atoms with Crippen LogP contribution in [0, 0.1) is 22.7 Å². The summed E-state index contributed by atoms with van der Waals surface area (Å²) >= 11 is 0. The molecule has 5 atom stereocenters. The van der Waals surface area contributed by atoms with Gasteiger partial charge in [-0.3, -0.25) is 4.21 Å². The molecule has 25 heavy (non-hydrogen) atoms. The monoisotopic (exact) mass is 362 g/mol. The third kappa shape index (κ3) is 2.25. The summed E-state index contributed by atoms with van der Waals surface area (Å²) in [5, 5.41) is 20.5. The van der Waals surface area contributed by atoms with Crippen LogP contribution in [0.1, 0.15) is 65.4 Å². The molecule has 2 aliphatic carbocycles. The highest BCUT2D eigenvalue weighted by molar-refractivity contribution is 7.85. The van der Waals surface area contributed by atoms with Crippen molar-refractivity contribution in [1.29, 1.82) is 0 Å². The maximum absolute atomic E-state index is 13.1. The van der Waals surface area contributed by atoms with Crippen molar-refractivity contribution in [2.45, 2.75) is 70.1 Å². The first-order chi connectivity index (χ1) is 11.6. The second-order valence-electron chi connectivity index (χ2n) is 9.76. The molecule has 0 saturated heterocycles. The first-order valence-electron chi connectivity index (χ1n) is 9.54. The van der Waals surface area contributed by atoms with Crippen molar-refractivity contribution in [3.63, 3.8) is 0 Å². The fourth-order valence-electron chi connectivity index (χ4n) is 6.90. The Balaban J connectivity index is 1.89. The van der Waals surface area contributed by atoms with E-state index in [9.17, 15) is 14.4 Å². The van der Waals surface area contributed by atoms with Gasteiger partial charge in [-0.2, -0.15) is 0 Å². The smallest absolute Gasteiger partial charge is 0.124 e. The SMILES string of the molecule is CC1(C)CCCC2(C)C1CCC1(C)c3c(O)cc(O)cc3S(=O)CC12. The van der Waals surface area contributed by atoms with Crippen LogP contribution in [0.15, 0.2) is 17.0 Å². The van der Waals surface area contributed by atoms with E-state index in [1.807, 2.05) is 0 Å². The Morgan fingerprint density at radius 2 is 1.76 bits per heavy atom. The van der Waals surface area contributed by atoms with Gasteiger partial charge >= 0.3 is 0 Å². The molecule has 0 radical (unpaired) electrons. The first kappa shape index (κ1) is 17.4. The molecular formula is C21H30O3S. The Kier molecular flexibility index (Phi) is 3.65. The fraction of sp³-hybridized carbons (Fsp3) is 0.714. The molecule has 3 nitrogen and oxygen atoms in total. The summed E-state index contributed by atoms with van der Waals surface area (Å²) in [7, 11) is -1.17. The quantitative estimate of drug-likeness (QED) is 0.702. The van der Waals surface area contributed by atoms with Crippen LogP contribution in [0.25, 0.3) is 0 Å². The van der Waals surface area contributed by atoms with Crippen LogP contribution in [0.4, 0.5) is 0 Å². The molecule has 2 saturated carbocycles. The lowest BCUT2D eigenvalue weighted by molar-refractivity contribution is -0.0981. The van der Waals surface area contributed by atoms with E-state index < -0.39 is 10.8 Å². The second kappa shape index (κ2) is 5.25.